The lowest BCUT2D eigenvalue weighted by Gasteiger charge is -2.13. The average Bonchev–Trinajstić information content (AvgIpc) is 2.83. The van der Waals surface area contributed by atoms with Crippen molar-refractivity contribution in [2.45, 2.75) is 13.0 Å². The molecule has 0 aliphatic carbocycles. The predicted molar refractivity (Wildman–Crippen MR) is 124 cm³/mol. The Balaban J connectivity index is 1.55. The van der Waals surface area contributed by atoms with Crippen LogP contribution in [0, 0.1) is 0 Å². The molecule has 0 aliphatic heterocycles. The molecule has 0 unspecified atom stereocenters. The van der Waals surface area contributed by atoms with Crippen molar-refractivity contribution in [2.75, 3.05) is 19.5 Å². The van der Waals surface area contributed by atoms with Gasteiger partial charge in [-0.25, -0.2) is 9.97 Å². The van der Waals surface area contributed by atoms with Crippen LogP contribution in [0.2, 0.25) is 0 Å². The molecule has 4 aromatic rings. The van der Waals surface area contributed by atoms with Gasteiger partial charge in [0.2, 0.25) is 0 Å². The largest absolute Gasteiger partial charge is 0.496 e. The van der Waals surface area contributed by atoms with Crippen LogP contribution in [0.15, 0.2) is 85.2 Å². The maximum atomic E-state index is 5.56. The fourth-order valence-corrected chi connectivity index (χ4v) is 3.54. The Morgan fingerprint density at radius 1 is 0.774 bits per heavy atom. The highest BCUT2D eigenvalue weighted by molar-refractivity contribution is 5.67. The average molecular weight is 412 g/mol. The van der Waals surface area contributed by atoms with Crippen LogP contribution in [0.3, 0.4) is 0 Å². The third-order valence-corrected chi connectivity index (χ3v) is 5.09. The fraction of sp³-hybridized carbons (Fsp3) is 0.154. The third-order valence-electron chi connectivity index (χ3n) is 5.09. The van der Waals surface area contributed by atoms with Gasteiger partial charge in [0.1, 0.15) is 17.8 Å². The van der Waals surface area contributed by atoms with Crippen LogP contribution < -0.4 is 14.8 Å². The highest BCUT2D eigenvalue weighted by Crippen LogP contribution is 2.29. The van der Waals surface area contributed by atoms with Crippen molar-refractivity contribution < 1.29 is 9.47 Å². The van der Waals surface area contributed by atoms with E-state index in [1.54, 1.807) is 20.5 Å². The van der Waals surface area contributed by atoms with Crippen molar-refractivity contribution in [2.24, 2.45) is 0 Å². The number of rotatable bonds is 8. The van der Waals surface area contributed by atoms with E-state index in [-0.39, 0.29) is 0 Å². The van der Waals surface area contributed by atoms with E-state index in [9.17, 15) is 0 Å². The predicted octanol–water partition coefficient (Wildman–Crippen LogP) is 5.36. The van der Waals surface area contributed by atoms with Gasteiger partial charge in [-0.1, -0.05) is 36.4 Å². The van der Waals surface area contributed by atoms with Gasteiger partial charge in [0.15, 0.2) is 0 Å². The van der Waals surface area contributed by atoms with Crippen LogP contribution in [0.1, 0.15) is 16.8 Å². The van der Waals surface area contributed by atoms with Crippen molar-refractivity contribution in [3.63, 3.8) is 0 Å². The molecule has 1 N–H and O–H groups in total. The monoisotopic (exact) mass is 411 g/mol. The number of para-hydroxylation sites is 2. The van der Waals surface area contributed by atoms with Crippen molar-refractivity contribution >= 4 is 5.69 Å². The van der Waals surface area contributed by atoms with Gasteiger partial charge < -0.3 is 14.8 Å². The molecule has 5 heteroatoms. The smallest absolute Gasteiger partial charge is 0.128 e. The van der Waals surface area contributed by atoms with Crippen LogP contribution in [-0.4, -0.2) is 24.2 Å². The maximum absolute atomic E-state index is 5.56. The van der Waals surface area contributed by atoms with E-state index in [0.29, 0.717) is 13.0 Å². The van der Waals surface area contributed by atoms with Gasteiger partial charge in [0, 0.05) is 35.5 Å². The number of anilines is 1. The molecular formula is C26H25N3O2. The van der Waals surface area contributed by atoms with Gasteiger partial charge in [-0.3, -0.25) is 0 Å². The summed E-state index contributed by atoms with van der Waals surface area (Å²) in [5.41, 5.74) is 6.09. The van der Waals surface area contributed by atoms with Crippen LogP contribution in [0.5, 0.6) is 11.5 Å². The summed E-state index contributed by atoms with van der Waals surface area (Å²) < 4.78 is 11.0. The Hall–Kier alpha value is -3.86. The lowest BCUT2D eigenvalue weighted by Crippen LogP contribution is -2.03. The molecule has 0 atom stereocenters. The lowest BCUT2D eigenvalue weighted by atomic mass is 10.0. The van der Waals surface area contributed by atoms with Crippen LogP contribution >= 0.6 is 0 Å². The second kappa shape index (κ2) is 9.76. The zero-order valence-electron chi connectivity index (χ0n) is 17.7. The molecule has 1 heterocycles. The van der Waals surface area contributed by atoms with Gasteiger partial charge in [0.05, 0.1) is 19.9 Å². The topological polar surface area (TPSA) is 56.3 Å². The van der Waals surface area contributed by atoms with Gasteiger partial charge in [-0.15, -0.1) is 0 Å². The van der Waals surface area contributed by atoms with Crippen molar-refractivity contribution in [1.82, 2.24) is 9.97 Å². The molecule has 0 bridgehead atoms. The van der Waals surface area contributed by atoms with Crippen LogP contribution in [0.25, 0.3) is 11.3 Å². The van der Waals surface area contributed by atoms with Crippen LogP contribution in [-0.2, 0) is 13.0 Å². The number of hydrogen-bond donors (Lipinski definition) is 1. The second-order valence-corrected chi connectivity index (χ2v) is 7.14. The SMILES string of the molecule is COc1ccc(Cc2cc(-c3ccccc3OC)ncn2)cc1CNc1ccccc1. The molecule has 0 radical (unpaired) electrons. The summed E-state index contributed by atoms with van der Waals surface area (Å²) >= 11 is 0. The molecule has 5 nitrogen and oxygen atoms in total. The number of hydrogen-bond acceptors (Lipinski definition) is 5. The van der Waals surface area contributed by atoms with Crippen molar-refractivity contribution in [3.05, 3.63) is 102 Å². The first kappa shape index (κ1) is 20.4. The molecule has 1 aromatic heterocycles. The van der Waals surface area contributed by atoms with E-state index in [2.05, 4.69) is 39.6 Å². The molecule has 31 heavy (non-hydrogen) atoms. The molecule has 0 saturated carbocycles. The fourth-order valence-electron chi connectivity index (χ4n) is 3.54. The minimum Gasteiger partial charge on any atom is -0.496 e. The molecule has 156 valence electrons. The molecule has 0 fully saturated rings. The zero-order valence-corrected chi connectivity index (χ0v) is 17.7. The first-order valence-electron chi connectivity index (χ1n) is 10.2. The molecule has 0 amide bonds. The van der Waals surface area contributed by atoms with E-state index in [4.69, 9.17) is 9.47 Å². The summed E-state index contributed by atoms with van der Waals surface area (Å²) in [5.74, 6) is 1.66. The summed E-state index contributed by atoms with van der Waals surface area (Å²) in [5, 5.41) is 3.45. The Bertz CT molecular complexity index is 1150. The highest BCUT2D eigenvalue weighted by atomic mass is 16.5. The third kappa shape index (κ3) is 5.01. The van der Waals surface area contributed by atoms with Gasteiger partial charge in [-0.05, 0) is 48.0 Å². The van der Waals surface area contributed by atoms with Crippen molar-refractivity contribution in [3.8, 4) is 22.8 Å². The Morgan fingerprint density at radius 3 is 2.35 bits per heavy atom. The van der Waals surface area contributed by atoms with E-state index >= 15 is 0 Å². The number of nitrogens with one attached hydrogen (secondary N) is 1. The normalized spacial score (nSPS) is 10.5. The standard InChI is InChI=1S/C26H25N3O2/c1-30-25-13-12-19(14-20(25)17-27-21-8-4-3-5-9-21)15-22-16-24(29-18-28-22)23-10-6-7-11-26(23)31-2/h3-14,16,18,27H,15,17H2,1-2H3. The minimum absolute atomic E-state index is 0.678. The second-order valence-electron chi connectivity index (χ2n) is 7.14. The molecular weight excluding hydrogens is 386 g/mol. The van der Waals surface area contributed by atoms with Gasteiger partial charge in [0.25, 0.3) is 0 Å². The molecule has 0 aliphatic rings. The Morgan fingerprint density at radius 2 is 1.55 bits per heavy atom. The Labute approximate surface area is 182 Å². The van der Waals surface area contributed by atoms with E-state index in [1.165, 1.54) is 0 Å². The number of methoxy groups -OCH3 is 2. The highest BCUT2D eigenvalue weighted by Gasteiger charge is 2.10. The van der Waals surface area contributed by atoms with Gasteiger partial charge in [-0.2, -0.15) is 0 Å². The number of benzene rings is 3. The minimum atomic E-state index is 0.678. The summed E-state index contributed by atoms with van der Waals surface area (Å²) in [7, 11) is 3.37. The van der Waals surface area contributed by atoms with E-state index in [0.717, 1.165) is 45.3 Å². The molecule has 0 saturated heterocycles. The molecule has 4 rings (SSSR count). The lowest BCUT2D eigenvalue weighted by molar-refractivity contribution is 0.410. The van der Waals surface area contributed by atoms with E-state index < -0.39 is 0 Å². The maximum Gasteiger partial charge on any atom is 0.128 e. The molecule has 3 aromatic carbocycles. The number of aromatic nitrogens is 2. The zero-order chi connectivity index (χ0) is 21.5. The first-order valence-corrected chi connectivity index (χ1v) is 10.2. The summed E-state index contributed by atoms with van der Waals surface area (Å²) in [6.45, 7) is 0.678. The van der Waals surface area contributed by atoms with Gasteiger partial charge >= 0.3 is 0 Å². The first-order chi connectivity index (χ1) is 15.3. The summed E-state index contributed by atoms with van der Waals surface area (Å²) in [6, 6.07) is 26.3. The molecule has 0 spiro atoms. The quantitative estimate of drug-likeness (QED) is 0.423. The van der Waals surface area contributed by atoms with Crippen LogP contribution in [0.4, 0.5) is 5.69 Å². The Kier molecular flexibility index (Phi) is 6.43. The number of ether oxygens (including phenoxy) is 2. The number of nitrogens with zero attached hydrogens (tertiary/aromatic N) is 2. The van der Waals surface area contributed by atoms with E-state index in [1.807, 2.05) is 54.6 Å². The summed E-state index contributed by atoms with van der Waals surface area (Å²) in [6.07, 6.45) is 2.31. The summed E-state index contributed by atoms with van der Waals surface area (Å²) in [4.78, 5) is 8.93. The van der Waals surface area contributed by atoms with Crippen molar-refractivity contribution in [1.29, 1.82) is 0 Å².